The minimum atomic E-state index is -2.80. The number of carbonyl (C=O) groups is 2. The lowest BCUT2D eigenvalue weighted by Crippen LogP contribution is -2.43. The number of hydrogen-bond donors (Lipinski definition) is 0. The Bertz CT molecular complexity index is 1420. The molecule has 1 fully saturated rings. The fourth-order valence-corrected chi connectivity index (χ4v) is 4.74. The van der Waals surface area contributed by atoms with Gasteiger partial charge in [0.1, 0.15) is 11.2 Å². The molecule has 1 aliphatic carbocycles. The number of imide groups is 1. The second-order valence-corrected chi connectivity index (χ2v) is 13.5. The molecule has 2 aromatic carbocycles. The third-order valence-electron chi connectivity index (χ3n) is 6.79. The first-order valence-corrected chi connectivity index (χ1v) is 15.0. The summed E-state index contributed by atoms with van der Waals surface area (Å²) >= 11 is 0. The van der Waals surface area contributed by atoms with Crippen LogP contribution in [0.3, 0.4) is 0 Å². The minimum Gasteiger partial charge on any atom is -0.443 e. The van der Waals surface area contributed by atoms with E-state index in [2.05, 4.69) is 17.6 Å². The molecule has 1 aromatic heterocycles. The third-order valence-corrected chi connectivity index (χ3v) is 7.12. The molecule has 0 spiro atoms. The molecule has 0 bridgehead atoms. The highest BCUT2D eigenvalue weighted by atomic mass is 31.0. The molecule has 6 nitrogen and oxygen atoms in total. The van der Waals surface area contributed by atoms with Crippen LogP contribution in [0.5, 0.6) is 0 Å². The van der Waals surface area contributed by atoms with Crippen LogP contribution < -0.4 is 0 Å². The predicted molar refractivity (Wildman–Crippen MR) is 171 cm³/mol. The Morgan fingerprint density at radius 3 is 2.02 bits per heavy atom. The highest BCUT2D eigenvalue weighted by Gasteiger charge is 2.33. The lowest BCUT2D eigenvalue weighted by Gasteiger charge is -2.30. The number of aryl methyl sites for hydroxylation is 1. The molecule has 0 radical (unpaired) electrons. The third kappa shape index (κ3) is 9.56. The Hall–Kier alpha value is -3.38. The van der Waals surface area contributed by atoms with Gasteiger partial charge in [-0.05, 0) is 90.0 Å². The van der Waals surface area contributed by atoms with Crippen molar-refractivity contribution in [3.63, 3.8) is 0 Å². The van der Waals surface area contributed by atoms with Gasteiger partial charge in [0.25, 0.3) is 5.66 Å². The number of ether oxygens (including phenoxy) is 2. The number of benzene rings is 2. The SMILES string of the molecule is C=Cc1c(CN(C(=O)OC(C)(C)C)C(=O)OC(C)(C)C)cc(C2CCC2)c2ncccc12.Cc1ccc(C(F)(F)P)cc1. The number of amides is 2. The Balaban J connectivity index is 0.000000386. The largest absolute Gasteiger partial charge is 0.443 e. The van der Waals surface area contributed by atoms with Crippen LogP contribution in [0.25, 0.3) is 17.0 Å². The standard InChI is InChI=1S/C26H34N2O4.C8H9F2P/c1-8-19-18(15-21(17-11-9-12-17)22-20(19)13-10-14-27-22)16-28(23(29)31-25(2,3)4)24(30)32-26(5,6)7;1-6-2-4-7(5-3-6)8(9,10)11/h8,10,13-15,17H,1,9,11-12,16H2,2-7H3;2-5H,11H2,1H3. The number of fused-ring (bicyclic) bond motifs is 1. The molecular formula is C34H43F2N2O4P. The van der Waals surface area contributed by atoms with Crippen molar-refractivity contribution in [2.24, 2.45) is 0 Å². The molecule has 1 saturated carbocycles. The quantitative estimate of drug-likeness (QED) is 0.268. The number of halogens is 2. The van der Waals surface area contributed by atoms with Gasteiger partial charge in [0.05, 0.1) is 12.1 Å². The van der Waals surface area contributed by atoms with E-state index in [-0.39, 0.29) is 12.1 Å². The lowest BCUT2D eigenvalue weighted by atomic mass is 9.78. The number of aromatic nitrogens is 1. The molecule has 1 atom stereocenters. The van der Waals surface area contributed by atoms with Crippen molar-refractivity contribution in [3.8, 4) is 0 Å². The second-order valence-electron chi connectivity index (χ2n) is 12.8. The number of alkyl halides is 2. The monoisotopic (exact) mass is 612 g/mol. The van der Waals surface area contributed by atoms with Gasteiger partial charge in [-0.25, -0.2) is 14.5 Å². The van der Waals surface area contributed by atoms with E-state index in [0.717, 1.165) is 50.9 Å². The fraction of sp³-hybridized carbons (Fsp3) is 0.441. The molecule has 0 N–H and O–H groups in total. The summed E-state index contributed by atoms with van der Waals surface area (Å²) in [4.78, 5) is 31.7. The number of pyridine rings is 1. The smallest absolute Gasteiger partial charge is 0.420 e. The number of nitrogens with zero attached hydrogens (tertiary/aromatic N) is 2. The van der Waals surface area contributed by atoms with Gasteiger partial charge in [-0.1, -0.05) is 70.3 Å². The molecule has 2 amide bonds. The molecule has 0 saturated heterocycles. The zero-order valence-corrected chi connectivity index (χ0v) is 27.3. The summed E-state index contributed by atoms with van der Waals surface area (Å²) in [5.74, 6) is 0.432. The van der Waals surface area contributed by atoms with E-state index >= 15 is 0 Å². The summed E-state index contributed by atoms with van der Waals surface area (Å²) in [6.45, 7) is 16.5. The molecule has 4 rings (SSSR count). The van der Waals surface area contributed by atoms with E-state index in [1.54, 1.807) is 65.9 Å². The van der Waals surface area contributed by atoms with Crippen LogP contribution in [0.15, 0.2) is 55.2 Å². The number of rotatable bonds is 5. The van der Waals surface area contributed by atoms with Crippen molar-refractivity contribution in [3.05, 3.63) is 83.1 Å². The summed E-state index contributed by atoms with van der Waals surface area (Å²) in [6.07, 6.45) is 5.49. The lowest BCUT2D eigenvalue weighted by molar-refractivity contribution is -0.000268. The zero-order chi connectivity index (χ0) is 32.2. The highest BCUT2D eigenvalue weighted by molar-refractivity contribution is 7.17. The van der Waals surface area contributed by atoms with Crippen molar-refractivity contribution in [1.82, 2.24) is 9.88 Å². The van der Waals surface area contributed by atoms with Crippen molar-refractivity contribution in [2.75, 3.05) is 0 Å². The predicted octanol–water partition coefficient (Wildman–Crippen LogP) is 9.74. The van der Waals surface area contributed by atoms with E-state index in [0.29, 0.717) is 5.92 Å². The van der Waals surface area contributed by atoms with E-state index in [4.69, 9.17) is 9.47 Å². The molecule has 1 aliphatic rings. The summed E-state index contributed by atoms with van der Waals surface area (Å²) in [5, 5.41) is 0.968. The molecule has 3 aromatic rings. The first-order valence-electron chi connectivity index (χ1n) is 14.4. The summed E-state index contributed by atoms with van der Waals surface area (Å²) in [7, 11) is 1.51. The highest BCUT2D eigenvalue weighted by Crippen LogP contribution is 2.41. The Morgan fingerprint density at radius 1 is 1.02 bits per heavy atom. The van der Waals surface area contributed by atoms with Gasteiger partial charge >= 0.3 is 12.2 Å². The molecule has 0 aliphatic heterocycles. The van der Waals surface area contributed by atoms with Gasteiger partial charge in [0.2, 0.25) is 0 Å². The fourth-order valence-electron chi connectivity index (χ4n) is 4.55. The molecular weight excluding hydrogens is 569 g/mol. The maximum absolute atomic E-state index is 13.0. The van der Waals surface area contributed by atoms with Crippen LogP contribution in [0.1, 0.15) is 94.5 Å². The van der Waals surface area contributed by atoms with Crippen molar-refractivity contribution in [1.29, 1.82) is 0 Å². The normalized spacial score (nSPS) is 13.8. The van der Waals surface area contributed by atoms with Crippen LogP contribution >= 0.6 is 9.24 Å². The maximum Gasteiger partial charge on any atom is 0.420 e. The molecule has 232 valence electrons. The Morgan fingerprint density at radius 2 is 1.58 bits per heavy atom. The number of hydrogen-bond acceptors (Lipinski definition) is 5. The molecule has 1 unspecified atom stereocenters. The van der Waals surface area contributed by atoms with Crippen molar-refractivity contribution >= 4 is 38.4 Å². The van der Waals surface area contributed by atoms with Crippen molar-refractivity contribution in [2.45, 2.75) is 97.1 Å². The maximum atomic E-state index is 13.0. The molecule has 1 heterocycles. The van der Waals surface area contributed by atoms with Crippen LogP contribution in [-0.4, -0.2) is 33.3 Å². The molecule has 43 heavy (non-hydrogen) atoms. The van der Waals surface area contributed by atoms with Crippen LogP contribution in [0.2, 0.25) is 0 Å². The summed E-state index contributed by atoms with van der Waals surface area (Å²) < 4.78 is 36.2. The van der Waals surface area contributed by atoms with Gasteiger partial charge < -0.3 is 9.47 Å². The van der Waals surface area contributed by atoms with Crippen LogP contribution in [0.4, 0.5) is 18.4 Å². The van der Waals surface area contributed by atoms with Gasteiger partial charge in [-0.2, -0.15) is 8.78 Å². The Kier molecular flexibility index (Phi) is 10.7. The summed E-state index contributed by atoms with van der Waals surface area (Å²) in [5.41, 5.74) is 0.515. The summed E-state index contributed by atoms with van der Waals surface area (Å²) in [6, 6.07) is 12.2. The second kappa shape index (κ2) is 13.5. The van der Waals surface area contributed by atoms with E-state index in [9.17, 15) is 18.4 Å². The first-order chi connectivity index (χ1) is 19.9. The zero-order valence-electron chi connectivity index (χ0n) is 26.2. The molecule has 9 heteroatoms. The van der Waals surface area contributed by atoms with Gasteiger partial charge in [-0.3, -0.25) is 4.98 Å². The topological polar surface area (TPSA) is 68.7 Å². The van der Waals surface area contributed by atoms with Crippen molar-refractivity contribution < 1.29 is 27.8 Å². The van der Waals surface area contributed by atoms with E-state index in [1.165, 1.54) is 27.8 Å². The van der Waals surface area contributed by atoms with Crippen LogP contribution in [-0.2, 0) is 21.7 Å². The van der Waals surface area contributed by atoms with Gasteiger partial charge in [0.15, 0.2) is 0 Å². The minimum absolute atomic E-state index is 0.0235. The van der Waals surface area contributed by atoms with Gasteiger partial charge in [0, 0.05) is 17.1 Å². The average molecular weight is 613 g/mol. The number of carbonyl (C=O) groups excluding carboxylic acids is 2. The van der Waals surface area contributed by atoms with Gasteiger partial charge in [-0.15, -0.1) is 0 Å². The van der Waals surface area contributed by atoms with E-state index < -0.39 is 29.1 Å². The Labute approximate surface area is 256 Å². The average Bonchev–Trinajstić information content (AvgIpc) is 2.84. The van der Waals surface area contributed by atoms with E-state index in [1.807, 2.05) is 19.1 Å². The van der Waals surface area contributed by atoms with Crippen LogP contribution in [0, 0.1) is 6.92 Å². The first kappa shape index (κ1) is 34.1.